The molecule has 28 heteroatoms. The van der Waals surface area contributed by atoms with Gasteiger partial charge in [0, 0.05) is 13.1 Å². The molecule has 0 saturated heterocycles. The second-order valence-corrected chi connectivity index (χ2v) is 9.62. The van der Waals surface area contributed by atoms with Crippen molar-refractivity contribution in [1.82, 2.24) is 10.6 Å². The Morgan fingerprint density at radius 1 is 0.420 bits per heavy atom. The maximum atomic E-state index is 13.8. The van der Waals surface area contributed by atoms with Crippen LogP contribution in [0, 0.1) is 0 Å². The van der Waals surface area contributed by atoms with E-state index in [1.807, 2.05) is 0 Å². The van der Waals surface area contributed by atoms with E-state index in [1.165, 1.54) is 0 Å². The molecular weight excluding hydrogens is 780 g/mol. The molecule has 0 fully saturated rings. The van der Waals surface area contributed by atoms with Gasteiger partial charge in [0.05, 0.1) is 0 Å². The van der Waals surface area contributed by atoms with Gasteiger partial charge in [-0.15, -0.1) is 0 Å². The van der Waals surface area contributed by atoms with Gasteiger partial charge in [0.25, 0.3) is 11.8 Å². The first-order valence-corrected chi connectivity index (χ1v) is 11.9. The molecule has 0 unspecified atom stereocenters. The summed E-state index contributed by atoms with van der Waals surface area (Å²) in [6, 6.07) is 1.88. The second-order valence-electron chi connectivity index (χ2n) is 9.62. The van der Waals surface area contributed by atoms with Crippen molar-refractivity contribution in [2.75, 3.05) is 0 Å². The zero-order valence-electron chi connectivity index (χ0n) is 22.8. The monoisotopic (exact) mass is 792 g/mol. The van der Waals surface area contributed by atoms with Gasteiger partial charge >= 0.3 is 72.1 Å². The van der Waals surface area contributed by atoms with Crippen LogP contribution in [-0.2, 0) is 22.7 Å². The second kappa shape index (κ2) is 13.2. The summed E-state index contributed by atoms with van der Waals surface area (Å²) in [5.41, 5.74) is -1.35. The van der Waals surface area contributed by atoms with Crippen LogP contribution in [-0.4, -0.2) is 83.9 Å². The maximum Gasteiger partial charge on any atom is 0.392 e. The number of nitrogens with one attached hydrogen (secondary N) is 2. The van der Waals surface area contributed by atoms with E-state index in [0.717, 1.165) is 0 Å². The average molecular weight is 792 g/mol. The molecule has 2 amide bonds. The van der Waals surface area contributed by atoms with Crippen molar-refractivity contribution in [2.24, 2.45) is 0 Å². The predicted molar refractivity (Wildman–Crippen MR) is 112 cm³/mol. The first-order valence-electron chi connectivity index (χ1n) is 11.9. The third kappa shape index (κ3) is 6.65. The number of rotatable bonds is 16. The van der Waals surface area contributed by atoms with Crippen LogP contribution in [0.2, 0.25) is 0 Å². The van der Waals surface area contributed by atoms with Gasteiger partial charge in [-0.2, -0.15) is 87.8 Å². The SMILES string of the molecule is O=C(NCc1ccc(CNC(=O)C(F)(F)C(F)(F)C(F)(F)C(F)(F)C(F)(F)C(F)F)cc1)C(F)(F)C(F)(F)C(F)(F)C(F)(F)C(F)(F)C(F)F. The summed E-state index contributed by atoms with van der Waals surface area (Å²) >= 11 is 0. The van der Waals surface area contributed by atoms with Gasteiger partial charge in [-0.1, -0.05) is 24.3 Å². The van der Waals surface area contributed by atoms with Crippen molar-refractivity contribution in [1.29, 1.82) is 0 Å². The maximum absolute atomic E-state index is 13.8. The average Bonchev–Trinajstić information content (AvgIpc) is 2.97. The Kier molecular flexibility index (Phi) is 11.8. The van der Waals surface area contributed by atoms with Crippen LogP contribution >= 0.6 is 0 Å². The first-order chi connectivity index (χ1) is 21.9. The molecule has 290 valence electrons. The number of halogens is 24. The largest absolute Gasteiger partial charge is 0.392 e. The van der Waals surface area contributed by atoms with E-state index in [-0.39, 0.29) is 0 Å². The fourth-order valence-electron chi connectivity index (χ4n) is 3.13. The van der Waals surface area contributed by atoms with Crippen molar-refractivity contribution in [3.63, 3.8) is 0 Å². The minimum Gasteiger partial charge on any atom is -0.347 e. The number of amides is 2. The highest BCUT2D eigenvalue weighted by Crippen LogP contribution is 2.59. The lowest BCUT2D eigenvalue weighted by molar-refractivity contribution is -0.407. The summed E-state index contributed by atoms with van der Waals surface area (Å²) in [5.74, 6) is -83.6. The zero-order valence-corrected chi connectivity index (χ0v) is 22.8. The van der Waals surface area contributed by atoms with E-state index in [9.17, 15) is 115 Å². The fourth-order valence-corrected chi connectivity index (χ4v) is 3.13. The summed E-state index contributed by atoms with van der Waals surface area (Å²) in [5, 5.41) is 1.43. The number of carbonyl (C=O) groups excluding carboxylic acids is 2. The molecule has 0 aromatic heterocycles. The Bertz CT molecular complexity index is 1270. The lowest BCUT2D eigenvalue weighted by atomic mass is 9.94. The molecule has 0 saturated carbocycles. The molecule has 2 N–H and O–H groups in total. The Labute approximate surface area is 259 Å². The highest BCUT2D eigenvalue weighted by atomic mass is 19.4. The molecule has 1 aromatic rings. The molecule has 1 aromatic carbocycles. The number of carbonyl (C=O) groups is 2. The standard InChI is InChI=1S/C22H12F24N2O2/c23-9(24)13(27,28)17(35,36)21(43,44)19(39,40)15(31,32)11(49)47-5-7-1-2-8(4-3-7)6-48-12(50)16(33,34)20(41,42)22(45,46)18(37,38)14(29,30)10(25)26/h1-4,9-10H,5-6H2,(H,47,49)(H,48,50). The van der Waals surface area contributed by atoms with Gasteiger partial charge in [0.15, 0.2) is 0 Å². The van der Waals surface area contributed by atoms with Gasteiger partial charge in [-0.3, -0.25) is 9.59 Å². The van der Waals surface area contributed by atoms with E-state index in [4.69, 9.17) is 0 Å². The van der Waals surface area contributed by atoms with Gasteiger partial charge in [-0.05, 0) is 11.1 Å². The molecule has 0 bridgehead atoms. The predicted octanol–water partition coefficient (Wildman–Crippen LogP) is 7.80. The topological polar surface area (TPSA) is 58.2 Å². The van der Waals surface area contributed by atoms with Crippen LogP contribution in [0.5, 0.6) is 0 Å². The lowest BCUT2D eigenvalue weighted by Crippen LogP contribution is -2.70. The zero-order chi connectivity index (χ0) is 40.1. The van der Waals surface area contributed by atoms with Gasteiger partial charge in [0.1, 0.15) is 0 Å². The Morgan fingerprint density at radius 2 is 0.640 bits per heavy atom. The molecule has 0 aliphatic heterocycles. The Balaban J connectivity index is 3.09. The minimum absolute atomic E-state index is 0.470. The summed E-state index contributed by atoms with van der Waals surface area (Å²) < 4.78 is 317. The summed E-state index contributed by atoms with van der Waals surface area (Å²) in [7, 11) is 0. The van der Waals surface area contributed by atoms with E-state index < -0.39 is 108 Å². The smallest absolute Gasteiger partial charge is 0.347 e. The van der Waals surface area contributed by atoms with Gasteiger partial charge in [-0.25, -0.2) is 17.6 Å². The van der Waals surface area contributed by atoms with Crippen LogP contribution < -0.4 is 10.6 Å². The van der Waals surface area contributed by atoms with E-state index >= 15 is 0 Å². The van der Waals surface area contributed by atoms with E-state index in [0.29, 0.717) is 34.9 Å². The van der Waals surface area contributed by atoms with Crippen molar-refractivity contribution >= 4 is 11.8 Å². The molecule has 0 aliphatic rings. The molecule has 0 heterocycles. The van der Waals surface area contributed by atoms with Crippen LogP contribution in [0.1, 0.15) is 11.1 Å². The molecular formula is C22H12F24N2O2. The quantitative estimate of drug-likeness (QED) is 0.168. The molecule has 0 radical (unpaired) electrons. The summed E-state index contributed by atoms with van der Waals surface area (Å²) in [6.45, 7) is -3.08. The van der Waals surface area contributed by atoms with Crippen molar-refractivity contribution in [3.05, 3.63) is 35.4 Å². The number of alkyl halides is 24. The molecule has 1 rings (SSSR count). The molecule has 50 heavy (non-hydrogen) atoms. The number of benzene rings is 1. The van der Waals surface area contributed by atoms with Crippen molar-refractivity contribution in [2.45, 2.75) is 85.2 Å². The van der Waals surface area contributed by atoms with Crippen LogP contribution in [0.15, 0.2) is 24.3 Å². The Morgan fingerprint density at radius 3 is 0.840 bits per heavy atom. The van der Waals surface area contributed by atoms with E-state index in [2.05, 4.69) is 0 Å². The van der Waals surface area contributed by atoms with Gasteiger partial charge < -0.3 is 10.6 Å². The van der Waals surface area contributed by atoms with Gasteiger partial charge in [0.2, 0.25) is 0 Å². The third-order valence-electron chi connectivity index (χ3n) is 6.25. The van der Waals surface area contributed by atoms with Crippen molar-refractivity contribution in [3.8, 4) is 0 Å². The summed E-state index contributed by atoms with van der Waals surface area (Å²) in [4.78, 5) is 22.9. The summed E-state index contributed by atoms with van der Waals surface area (Å²) in [6.07, 6.45) is -11.6. The normalized spacial score (nSPS) is 15.1. The molecule has 0 aliphatic carbocycles. The minimum atomic E-state index is -8.04. The van der Waals surface area contributed by atoms with Crippen molar-refractivity contribution < 1.29 is 115 Å². The molecule has 0 atom stereocenters. The highest BCUT2D eigenvalue weighted by molar-refractivity contribution is 5.85. The fraction of sp³-hybridized carbons (Fsp3) is 0.636. The van der Waals surface area contributed by atoms with Crippen LogP contribution in [0.4, 0.5) is 105 Å². The third-order valence-corrected chi connectivity index (χ3v) is 6.25. The molecule has 4 nitrogen and oxygen atoms in total. The molecule has 0 spiro atoms. The van der Waals surface area contributed by atoms with Crippen LogP contribution in [0.3, 0.4) is 0 Å². The highest BCUT2D eigenvalue weighted by Gasteiger charge is 2.90. The lowest BCUT2D eigenvalue weighted by Gasteiger charge is -2.38. The van der Waals surface area contributed by atoms with E-state index in [1.54, 1.807) is 0 Å². The Hall–Kier alpha value is -3.52. The number of hydrogen-bond donors (Lipinski definition) is 2. The van der Waals surface area contributed by atoms with Crippen LogP contribution in [0.25, 0.3) is 0 Å². The first kappa shape index (κ1) is 44.5. The number of hydrogen-bond acceptors (Lipinski definition) is 2.